The Bertz CT molecular complexity index is 619. The molecule has 3 N–H and O–H groups in total. The molecule has 150 valence electrons. The molecule has 2 fully saturated rings. The summed E-state index contributed by atoms with van der Waals surface area (Å²) in [7, 11) is 0. The maximum atomic E-state index is 12.9. The molecule has 0 bridgehead atoms. The molecule has 0 radical (unpaired) electrons. The highest BCUT2D eigenvalue weighted by Gasteiger charge is 2.39. The van der Waals surface area contributed by atoms with Crippen molar-refractivity contribution in [3.8, 4) is 0 Å². The van der Waals surface area contributed by atoms with E-state index in [4.69, 9.17) is 0 Å². The molecule has 3 rings (SSSR count). The fourth-order valence-electron chi connectivity index (χ4n) is 5.37. The Morgan fingerprint density at radius 3 is 2.30 bits per heavy atom. The second kappa shape index (κ2) is 7.92. The molecule has 1 saturated heterocycles. The highest BCUT2D eigenvalue weighted by molar-refractivity contribution is 5.76. The van der Waals surface area contributed by atoms with Crippen LogP contribution in [0, 0.1) is 11.8 Å². The average molecular weight is 373 g/mol. The Kier molecular flexibility index (Phi) is 5.97. The SMILES string of the molecule is CC1(C)CC(CC(=O)N[C@H](Cc2ccccc2)C2CC(O)C2)CC(C)(C)N1. The van der Waals surface area contributed by atoms with Gasteiger partial charge in [-0.15, -0.1) is 0 Å². The van der Waals surface area contributed by atoms with E-state index in [9.17, 15) is 9.90 Å². The highest BCUT2D eigenvalue weighted by Crippen LogP contribution is 2.35. The molecule has 1 atom stereocenters. The molecule has 0 spiro atoms. The first kappa shape index (κ1) is 20.3. The van der Waals surface area contributed by atoms with Gasteiger partial charge in [-0.2, -0.15) is 0 Å². The summed E-state index contributed by atoms with van der Waals surface area (Å²) in [5.41, 5.74) is 1.37. The molecule has 1 aliphatic carbocycles. The summed E-state index contributed by atoms with van der Waals surface area (Å²) < 4.78 is 0. The maximum absolute atomic E-state index is 12.9. The number of nitrogens with one attached hydrogen (secondary N) is 2. The van der Waals surface area contributed by atoms with Crippen LogP contribution in [0.25, 0.3) is 0 Å². The van der Waals surface area contributed by atoms with E-state index in [1.54, 1.807) is 0 Å². The molecule has 4 heteroatoms. The maximum Gasteiger partial charge on any atom is 0.220 e. The molecular weight excluding hydrogens is 336 g/mol. The lowest BCUT2D eigenvalue weighted by atomic mass is 9.74. The van der Waals surface area contributed by atoms with E-state index in [1.165, 1.54) is 5.56 Å². The summed E-state index contributed by atoms with van der Waals surface area (Å²) in [5.74, 6) is 0.946. The van der Waals surface area contributed by atoms with Crippen LogP contribution in [-0.4, -0.2) is 34.2 Å². The van der Waals surface area contributed by atoms with Crippen LogP contribution in [0.1, 0.15) is 65.4 Å². The molecule has 0 aromatic heterocycles. The number of carbonyl (C=O) groups is 1. The first-order valence-corrected chi connectivity index (χ1v) is 10.4. The lowest BCUT2D eigenvalue weighted by Gasteiger charge is -2.46. The Balaban J connectivity index is 1.60. The molecule has 1 amide bonds. The van der Waals surface area contributed by atoms with E-state index < -0.39 is 0 Å². The smallest absolute Gasteiger partial charge is 0.220 e. The Morgan fingerprint density at radius 2 is 1.74 bits per heavy atom. The highest BCUT2D eigenvalue weighted by atomic mass is 16.3. The van der Waals surface area contributed by atoms with Crippen LogP contribution in [-0.2, 0) is 11.2 Å². The molecule has 2 aliphatic rings. The Morgan fingerprint density at radius 1 is 1.15 bits per heavy atom. The van der Waals surface area contributed by atoms with Crippen LogP contribution in [0.4, 0.5) is 0 Å². The summed E-state index contributed by atoms with van der Waals surface area (Å²) in [5, 5.41) is 16.7. The van der Waals surface area contributed by atoms with Gasteiger partial charge in [-0.1, -0.05) is 30.3 Å². The first-order valence-electron chi connectivity index (χ1n) is 10.4. The van der Waals surface area contributed by atoms with Crippen molar-refractivity contribution in [1.29, 1.82) is 0 Å². The summed E-state index contributed by atoms with van der Waals surface area (Å²) in [6, 6.07) is 10.5. The monoisotopic (exact) mass is 372 g/mol. The van der Waals surface area contributed by atoms with Crippen molar-refractivity contribution in [3.63, 3.8) is 0 Å². The molecule has 1 aromatic rings. The largest absolute Gasteiger partial charge is 0.393 e. The number of aliphatic hydroxyl groups excluding tert-OH is 1. The van der Waals surface area contributed by atoms with Crippen LogP contribution < -0.4 is 10.6 Å². The lowest BCUT2D eigenvalue weighted by Crippen LogP contribution is -2.58. The van der Waals surface area contributed by atoms with Gasteiger partial charge < -0.3 is 15.7 Å². The van der Waals surface area contributed by atoms with Gasteiger partial charge in [-0.3, -0.25) is 4.79 Å². The van der Waals surface area contributed by atoms with Crippen molar-refractivity contribution in [2.45, 2.75) is 89.4 Å². The van der Waals surface area contributed by atoms with Crippen LogP contribution in [0.15, 0.2) is 30.3 Å². The minimum Gasteiger partial charge on any atom is -0.393 e. The number of aliphatic hydroxyl groups is 1. The van der Waals surface area contributed by atoms with Gasteiger partial charge in [0.15, 0.2) is 0 Å². The fraction of sp³-hybridized carbons (Fsp3) is 0.696. The normalized spacial score (nSPS) is 28.2. The number of rotatable bonds is 6. The van der Waals surface area contributed by atoms with E-state index in [1.807, 2.05) is 18.2 Å². The van der Waals surface area contributed by atoms with E-state index in [2.05, 4.69) is 50.5 Å². The molecule has 1 saturated carbocycles. The zero-order valence-corrected chi connectivity index (χ0v) is 17.3. The van der Waals surface area contributed by atoms with Crippen LogP contribution in [0.2, 0.25) is 0 Å². The molecule has 0 unspecified atom stereocenters. The van der Waals surface area contributed by atoms with E-state index >= 15 is 0 Å². The minimum atomic E-state index is -0.198. The van der Waals surface area contributed by atoms with Gasteiger partial charge in [0.2, 0.25) is 5.91 Å². The van der Waals surface area contributed by atoms with Crippen molar-refractivity contribution < 1.29 is 9.90 Å². The van der Waals surface area contributed by atoms with Gasteiger partial charge in [0.25, 0.3) is 0 Å². The quantitative estimate of drug-likeness (QED) is 0.717. The lowest BCUT2D eigenvalue weighted by molar-refractivity contribution is -0.124. The van der Waals surface area contributed by atoms with Crippen LogP contribution in [0.3, 0.4) is 0 Å². The average Bonchev–Trinajstić information content (AvgIpc) is 2.49. The van der Waals surface area contributed by atoms with Crippen molar-refractivity contribution in [3.05, 3.63) is 35.9 Å². The number of piperidine rings is 1. The standard InChI is InChI=1S/C23H36N2O2/c1-22(2)14-17(15-23(3,4)25-22)11-21(27)24-20(18-12-19(26)13-18)10-16-8-6-5-7-9-16/h5-9,17-20,25-26H,10-15H2,1-4H3,(H,24,27)/t18?,19?,20-/m1/s1. The first-order chi connectivity index (χ1) is 12.6. The van der Waals surface area contributed by atoms with Crippen molar-refractivity contribution in [1.82, 2.24) is 10.6 Å². The van der Waals surface area contributed by atoms with Crippen LogP contribution >= 0.6 is 0 Å². The van der Waals surface area contributed by atoms with Crippen molar-refractivity contribution >= 4 is 5.91 Å². The van der Waals surface area contributed by atoms with Crippen molar-refractivity contribution in [2.24, 2.45) is 11.8 Å². The van der Waals surface area contributed by atoms with Gasteiger partial charge in [0, 0.05) is 23.5 Å². The predicted octanol–water partition coefficient (Wildman–Crippen LogP) is 3.43. The second-order valence-electron chi connectivity index (χ2n) is 10.1. The second-order valence-corrected chi connectivity index (χ2v) is 10.1. The summed E-state index contributed by atoms with van der Waals surface area (Å²) in [6.45, 7) is 8.92. The Labute approximate surface area is 164 Å². The topological polar surface area (TPSA) is 61.4 Å². The number of hydrogen-bond acceptors (Lipinski definition) is 3. The molecular formula is C23H36N2O2. The third-order valence-electron chi connectivity index (χ3n) is 6.11. The molecule has 27 heavy (non-hydrogen) atoms. The molecule has 4 nitrogen and oxygen atoms in total. The summed E-state index contributed by atoms with van der Waals surface area (Å²) >= 11 is 0. The summed E-state index contributed by atoms with van der Waals surface area (Å²) in [4.78, 5) is 12.9. The number of benzene rings is 1. The van der Waals surface area contributed by atoms with E-state index in [0.717, 1.165) is 32.1 Å². The summed E-state index contributed by atoms with van der Waals surface area (Å²) in [6.07, 6.45) is 4.87. The van der Waals surface area contributed by atoms with Gasteiger partial charge in [-0.25, -0.2) is 0 Å². The van der Waals surface area contributed by atoms with E-state index in [-0.39, 0.29) is 29.1 Å². The number of carbonyl (C=O) groups excluding carboxylic acids is 1. The van der Waals surface area contributed by atoms with Gasteiger partial charge in [0.05, 0.1) is 6.10 Å². The van der Waals surface area contributed by atoms with Gasteiger partial charge in [0.1, 0.15) is 0 Å². The Hall–Kier alpha value is -1.39. The zero-order chi connectivity index (χ0) is 19.7. The number of amides is 1. The molecule has 1 aromatic carbocycles. The van der Waals surface area contributed by atoms with Gasteiger partial charge in [-0.05, 0) is 77.2 Å². The van der Waals surface area contributed by atoms with Crippen LogP contribution in [0.5, 0.6) is 0 Å². The van der Waals surface area contributed by atoms with Gasteiger partial charge >= 0.3 is 0 Å². The van der Waals surface area contributed by atoms with Crippen molar-refractivity contribution in [2.75, 3.05) is 0 Å². The number of hydrogen-bond donors (Lipinski definition) is 3. The molecule has 1 aliphatic heterocycles. The minimum absolute atomic E-state index is 0.0637. The zero-order valence-electron chi connectivity index (χ0n) is 17.3. The fourth-order valence-corrected chi connectivity index (χ4v) is 5.37. The predicted molar refractivity (Wildman–Crippen MR) is 109 cm³/mol. The van der Waals surface area contributed by atoms with E-state index in [0.29, 0.717) is 18.3 Å². The molecule has 1 heterocycles. The third kappa shape index (κ3) is 5.79. The third-order valence-corrected chi connectivity index (χ3v) is 6.11.